The van der Waals surface area contributed by atoms with Crippen molar-refractivity contribution in [1.82, 2.24) is 9.80 Å². The Morgan fingerprint density at radius 1 is 1.24 bits per heavy atom. The molecule has 0 saturated heterocycles. The average molecular weight is 296 g/mol. The molecule has 5 heteroatoms. The van der Waals surface area contributed by atoms with Gasteiger partial charge in [-0.15, -0.1) is 0 Å². The molecule has 21 heavy (non-hydrogen) atoms. The Hall–Kier alpha value is -1.33. The molecule has 0 aliphatic rings. The Labute approximate surface area is 127 Å². The van der Waals surface area contributed by atoms with Crippen molar-refractivity contribution in [2.75, 3.05) is 33.8 Å². The van der Waals surface area contributed by atoms with Gasteiger partial charge in [-0.2, -0.15) is 0 Å². The van der Waals surface area contributed by atoms with E-state index in [4.69, 9.17) is 9.15 Å². The summed E-state index contributed by atoms with van der Waals surface area (Å²) in [5, 5.41) is 0. The highest BCUT2D eigenvalue weighted by Crippen LogP contribution is 2.11. The maximum absolute atomic E-state index is 12.4. The number of rotatable bonds is 7. The second-order valence-electron chi connectivity index (χ2n) is 6.53. The van der Waals surface area contributed by atoms with Gasteiger partial charge in [0, 0.05) is 13.1 Å². The van der Waals surface area contributed by atoms with Crippen molar-refractivity contribution < 1.29 is 13.9 Å². The monoisotopic (exact) mass is 296 g/mol. The summed E-state index contributed by atoms with van der Waals surface area (Å²) < 4.78 is 11.2. The van der Waals surface area contributed by atoms with Crippen molar-refractivity contribution in [3.8, 4) is 0 Å². The maximum Gasteiger partial charge on any atom is 0.249 e. The summed E-state index contributed by atoms with van der Waals surface area (Å²) in [5.41, 5.74) is -0.315. The van der Waals surface area contributed by atoms with Crippen LogP contribution < -0.4 is 0 Å². The first-order valence-electron chi connectivity index (χ1n) is 7.29. The van der Waals surface area contributed by atoms with Gasteiger partial charge < -0.3 is 19.0 Å². The standard InChI is InChI=1S/C16H28N2O3/c1-13-7-8-14(21-13)11-18(10-9-17(5)6)15(19)12-20-16(2,3)4/h7-8H,9-12H2,1-6H3. The van der Waals surface area contributed by atoms with Crippen LogP contribution in [0.4, 0.5) is 0 Å². The minimum atomic E-state index is -0.315. The lowest BCUT2D eigenvalue weighted by Gasteiger charge is -2.26. The summed E-state index contributed by atoms with van der Waals surface area (Å²) in [4.78, 5) is 16.2. The van der Waals surface area contributed by atoms with Crippen LogP contribution in [0.15, 0.2) is 16.5 Å². The largest absolute Gasteiger partial charge is 0.464 e. The Balaban J connectivity index is 2.64. The quantitative estimate of drug-likeness (QED) is 0.774. The minimum Gasteiger partial charge on any atom is -0.464 e. The van der Waals surface area contributed by atoms with Gasteiger partial charge in [-0.3, -0.25) is 4.79 Å². The summed E-state index contributed by atoms with van der Waals surface area (Å²) in [6.07, 6.45) is 0. The first-order chi connectivity index (χ1) is 9.67. The average Bonchev–Trinajstić information content (AvgIpc) is 2.76. The van der Waals surface area contributed by atoms with Crippen molar-refractivity contribution in [2.45, 2.75) is 39.8 Å². The van der Waals surface area contributed by atoms with Crippen LogP contribution in [0.1, 0.15) is 32.3 Å². The lowest BCUT2D eigenvalue weighted by Crippen LogP contribution is -2.39. The predicted molar refractivity (Wildman–Crippen MR) is 83.1 cm³/mol. The molecule has 0 fully saturated rings. The third-order valence-corrected chi connectivity index (χ3v) is 2.94. The van der Waals surface area contributed by atoms with Gasteiger partial charge in [-0.1, -0.05) is 0 Å². The molecule has 0 radical (unpaired) electrons. The van der Waals surface area contributed by atoms with Crippen LogP contribution in [-0.2, 0) is 16.1 Å². The van der Waals surface area contributed by atoms with Gasteiger partial charge in [0.05, 0.1) is 12.1 Å². The number of amides is 1. The van der Waals surface area contributed by atoms with Gasteiger partial charge in [0.2, 0.25) is 5.91 Å². The third kappa shape index (κ3) is 7.29. The first kappa shape index (κ1) is 17.7. The van der Waals surface area contributed by atoms with E-state index in [1.807, 2.05) is 53.9 Å². The Kier molecular flexibility index (Phi) is 6.42. The van der Waals surface area contributed by atoms with E-state index >= 15 is 0 Å². The highest BCUT2D eigenvalue weighted by Gasteiger charge is 2.19. The van der Waals surface area contributed by atoms with Crippen molar-refractivity contribution >= 4 is 5.91 Å². The number of aryl methyl sites for hydroxylation is 1. The fraction of sp³-hybridized carbons (Fsp3) is 0.688. The van der Waals surface area contributed by atoms with Gasteiger partial charge in [0.25, 0.3) is 0 Å². The van der Waals surface area contributed by atoms with Crippen molar-refractivity contribution in [2.24, 2.45) is 0 Å². The number of nitrogens with zero attached hydrogens (tertiary/aromatic N) is 2. The van der Waals surface area contributed by atoms with Crippen LogP contribution in [0, 0.1) is 6.92 Å². The highest BCUT2D eigenvalue weighted by molar-refractivity contribution is 5.77. The van der Waals surface area contributed by atoms with Crippen LogP contribution in [0.25, 0.3) is 0 Å². The summed E-state index contributed by atoms with van der Waals surface area (Å²) in [5.74, 6) is 1.65. The number of ether oxygens (including phenoxy) is 1. The van der Waals surface area contributed by atoms with E-state index in [1.165, 1.54) is 0 Å². The Morgan fingerprint density at radius 2 is 1.90 bits per heavy atom. The van der Waals surface area contributed by atoms with Crippen LogP contribution in [0.5, 0.6) is 0 Å². The van der Waals surface area contributed by atoms with Crippen molar-refractivity contribution in [3.63, 3.8) is 0 Å². The van der Waals surface area contributed by atoms with E-state index in [-0.39, 0.29) is 18.1 Å². The molecular formula is C16H28N2O3. The van der Waals surface area contributed by atoms with E-state index in [9.17, 15) is 4.79 Å². The zero-order valence-electron chi connectivity index (χ0n) is 14.1. The van der Waals surface area contributed by atoms with Crippen molar-refractivity contribution in [1.29, 1.82) is 0 Å². The van der Waals surface area contributed by atoms with Crippen LogP contribution >= 0.6 is 0 Å². The predicted octanol–water partition coefficient (Wildman–Crippen LogP) is 2.29. The van der Waals surface area contributed by atoms with Crippen LogP contribution in [-0.4, -0.2) is 55.1 Å². The van der Waals surface area contributed by atoms with E-state index in [1.54, 1.807) is 4.90 Å². The van der Waals surface area contributed by atoms with Gasteiger partial charge >= 0.3 is 0 Å². The molecule has 0 aromatic carbocycles. The molecule has 0 aliphatic carbocycles. The fourth-order valence-corrected chi connectivity index (χ4v) is 1.74. The molecule has 5 nitrogen and oxygen atoms in total. The van der Waals surface area contributed by atoms with E-state index in [0.717, 1.165) is 18.1 Å². The van der Waals surface area contributed by atoms with Crippen molar-refractivity contribution in [3.05, 3.63) is 23.7 Å². The second kappa shape index (κ2) is 7.61. The number of likely N-dealkylation sites (N-methyl/N-ethyl adjacent to an activating group) is 1. The lowest BCUT2D eigenvalue weighted by atomic mass is 10.2. The molecule has 120 valence electrons. The molecule has 1 heterocycles. The molecule has 0 bridgehead atoms. The molecule has 1 amide bonds. The summed E-state index contributed by atoms with van der Waals surface area (Å²) in [6, 6.07) is 3.82. The zero-order chi connectivity index (χ0) is 16.0. The summed E-state index contributed by atoms with van der Waals surface area (Å²) in [7, 11) is 3.98. The molecule has 0 N–H and O–H groups in total. The van der Waals surface area contributed by atoms with Gasteiger partial charge in [0.1, 0.15) is 18.1 Å². The molecule has 0 spiro atoms. The second-order valence-corrected chi connectivity index (χ2v) is 6.53. The molecule has 0 saturated carbocycles. The van der Waals surface area contributed by atoms with Gasteiger partial charge in [-0.25, -0.2) is 0 Å². The number of carbonyl (C=O) groups excluding carboxylic acids is 1. The van der Waals surface area contributed by atoms with Gasteiger partial charge in [0.15, 0.2) is 0 Å². The topological polar surface area (TPSA) is 45.9 Å². The summed E-state index contributed by atoms with van der Waals surface area (Å²) >= 11 is 0. The normalized spacial score (nSPS) is 12.0. The molecule has 0 unspecified atom stereocenters. The SMILES string of the molecule is Cc1ccc(CN(CCN(C)C)C(=O)COC(C)(C)C)o1. The molecule has 1 aromatic rings. The first-order valence-corrected chi connectivity index (χ1v) is 7.29. The lowest BCUT2D eigenvalue weighted by molar-refractivity contribution is -0.142. The highest BCUT2D eigenvalue weighted by atomic mass is 16.5. The molecule has 1 rings (SSSR count). The van der Waals surface area contributed by atoms with Gasteiger partial charge in [-0.05, 0) is 53.9 Å². The zero-order valence-corrected chi connectivity index (χ0v) is 14.1. The molecule has 0 aliphatic heterocycles. The summed E-state index contributed by atoms with van der Waals surface area (Å²) in [6.45, 7) is 9.77. The fourth-order valence-electron chi connectivity index (χ4n) is 1.74. The van der Waals surface area contributed by atoms with Crippen LogP contribution in [0.3, 0.4) is 0 Å². The van der Waals surface area contributed by atoms with E-state index in [0.29, 0.717) is 13.1 Å². The van der Waals surface area contributed by atoms with Crippen LogP contribution in [0.2, 0.25) is 0 Å². The Morgan fingerprint density at radius 3 is 2.38 bits per heavy atom. The molecule has 1 aromatic heterocycles. The number of furan rings is 1. The smallest absolute Gasteiger partial charge is 0.249 e. The number of hydrogen-bond donors (Lipinski definition) is 0. The third-order valence-electron chi connectivity index (χ3n) is 2.94. The number of hydrogen-bond acceptors (Lipinski definition) is 4. The molecular weight excluding hydrogens is 268 g/mol. The Bertz CT molecular complexity index is 447. The molecule has 0 atom stereocenters. The maximum atomic E-state index is 12.4. The van der Waals surface area contributed by atoms with E-state index in [2.05, 4.69) is 4.90 Å². The van der Waals surface area contributed by atoms with E-state index < -0.39 is 0 Å². The minimum absolute atomic E-state index is 0.0131. The number of carbonyl (C=O) groups is 1.